The van der Waals surface area contributed by atoms with E-state index in [1.807, 2.05) is 6.92 Å². The van der Waals surface area contributed by atoms with Crippen molar-refractivity contribution in [2.24, 2.45) is 5.92 Å². The Bertz CT molecular complexity index is 424. The van der Waals surface area contributed by atoms with E-state index in [0.717, 1.165) is 41.6 Å². The lowest BCUT2D eigenvalue weighted by molar-refractivity contribution is -0.141. The molecule has 1 aliphatic rings. The number of ether oxygens (including phenoxy) is 1. The van der Waals surface area contributed by atoms with Gasteiger partial charge in [0.2, 0.25) is 0 Å². The maximum atomic E-state index is 10.9. The Labute approximate surface area is 111 Å². The summed E-state index contributed by atoms with van der Waals surface area (Å²) in [4.78, 5) is 16.6. The van der Waals surface area contributed by atoms with E-state index in [0.29, 0.717) is 12.3 Å². The molecule has 0 bridgehead atoms. The second-order valence-electron chi connectivity index (χ2n) is 4.89. The Balaban J connectivity index is 2.08. The molecule has 1 N–H and O–H groups in total. The average molecular weight is 269 g/mol. The molecule has 18 heavy (non-hydrogen) atoms. The van der Waals surface area contributed by atoms with Crippen LogP contribution in [0.3, 0.4) is 0 Å². The summed E-state index contributed by atoms with van der Waals surface area (Å²) in [6.07, 6.45) is 2.64. The molecule has 2 heterocycles. The average Bonchev–Trinajstić information content (AvgIpc) is 2.72. The van der Waals surface area contributed by atoms with E-state index in [4.69, 9.17) is 9.84 Å². The molecule has 100 valence electrons. The molecule has 0 radical (unpaired) electrons. The van der Waals surface area contributed by atoms with Gasteiger partial charge in [0.1, 0.15) is 0 Å². The number of carbonyl (C=O) groups is 1. The largest absolute Gasteiger partial charge is 0.481 e. The van der Waals surface area contributed by atoms with Crippen LogP contribution in [0.5, 0.6) is 0 Å². The number of thiazole rings is 1. The number of hydrogen-bond acceptors (Lipinski definition) is 4. The molecular weight excluding hydrogens is 250 g/mol. The van der Waals surface area contributed by atoms with Crippen molar-refractivity contribution in [3.63, 3.8) is 0 Å². The Morgan fingerprint density at radius 2 is 2.22 bits per heavy atom. The summed E-state index contributed by atoms with van der Waals surface area (Å²) in [6, 6.07) is 0. The van der Waals surface area contributed by atoms with Crippen LogP contribution in [0, 0.1) is 12.8 Å². The first-order valence-corrected chi connectivity index (χ1v) is 7.16. The molecule has 2 rings (SSSR count). The van der Waals surface area contributed by atoms with Gasteiger partial charge in [0.15, 0.2) is 0 Å². The molecule has 5 heteroatoms. The standard InChI is InChI=1S/C13H19NO3S/c1-8(13(15)16)7-11-9(2)14-12(18-11)10-3-5-17-6-4-10/h8,10H,3-7H2,1-2H3,(H,15,16). The summed E-state index contributed by atoms with van der Waals surface area (Å²) in [5.41, 5.74) is 0.995. The molecule has 1 aromatic heterocycles. The van der Waals surface area contributed by atoms with Crippen LogP contribution in [-0.4, -0.2) is 29.3 Å². The number of rotatable bonds is 4. The summed E-state index contributed by atoms with van der Waals surface area (Å²) in [7, 11) is 0. The van der Waals surface area contributed by atoms with Crippen molar-refractivity contribution < 1.29 is 14.6 Å². The van der Waals surface area contributed by atoms with Gasteiger partial charge >= 0.3 is 5.97 Å². The third kappa shape index (κ3) is 3.09. The number of carboxylic acids is 1. The number of aryl methyl sites for hydroxylation is 1. The summed E-state index contributed by atoms with van der Waals surface area (Å²) < 4.78 is 5.35. The number of nitrogens with zero attached hydrogens (tertiary/aromatic N) is 1. The van der Waals surface area contributed by atoms with Crippen LogP contribution >= 0.6 is 11.3 Å². The summed E-state index contributed by atoms with van der Waals surface area (Å²) >= 11 is 1.68. The van der Waals surface area contributed by atoms with Gasteiger partial charge in [-0.15, -0.1) is 11.3 Å². The molecule has 0 aromatic carbocycles. The van der Waals surface area contributed by atoms with Gasteiger partial charge in [0, 0.05) is 24.0 Å². The van der Waals surface area contributed by atoms with E-state index in [1.54, 1.807) is 18.3 Å². The van der Waals surface area contributed by atoms with Crippen molar-refractivity contribution in [3.05, 3.63) is 15.6 Å². The maximum Gasteiger partial charge on any atom is 0.306 e. The molecule has 1 aromatic rings. The number of aromatic nitrogens is 1. The smallest absolute Gasteiger partial charge is 0.306 e. The Morgan fingerprint density at radius 3 is 2.83 bits per heavy atom. The van der Waals surface area contributed by atoms with Gasteiger partial charge in [-0.2, -0.15) is 0 Å². The van der Waals surface area contributed by atoms with Gasteiger partial charge < -0.3 is 9.84 Å². The molecule has 4 nitrogen and oxygen atoms in total. The minimum Gasteiger partial charge on any atom is -0.481 e. The lowest BCUT2D eigenvalue weighted by atomic mass is 10.0. The summed E-state index contributed by atoms with van der Waals surface area (Å²) in [6.45, 7) is 5.34. The van der Waals surface area contributed by atoms with Crippen LogP contribution in [0.25, 0.3) is 0 Å². The highest BCUT2D eigenvalue weighted by Crippen LogP contribution is 2.32. The topological polar surface area (TPSA) is 59.4 Å². The van der Waals surface area contributed by atoms with Crippen LogP contribution in [0.2, 0.25) is 0 Å². The Hall–Kier alpha value is -0.940. The first kappa shape index (κ1) is 13.5. The predicted molar refractivity (Wildman–Crippen MR) is 70.1 cm³/mol. The molecular formula is C13H19NO3S. The van der Waals surface area contributed by atoms with Crippen LogP contribution < -0.4 is 0 Å². The molecule has 1 unspecified atom stereocenters. The highest BCUT2D eigenvalue weighted by molar-refractivity contribution is 7.11. The zero-order valence-electron chi connectivity index (χ0n) is 10.8. The predicted octanol–water partition coefficient (Wildman–Crippen LogP) is 2.61. The summed E-state index contributed by atoms with van der Waals surface area (Å²) in [5, 5.41) is 10.1. The lowest BCUT2D eigenvalue weighted by Gasteiger charge is -2.19. The molecule has 0 aliphatic carbocycles. The van der Waals surface area contributed by atoms with Crippen molar-refractivity contribution in [2.45, 2.75) is 39.0 Å². The second kappa shape index (κ2) is 5.80. The van der Waals surface area contributed by atoms with E-state index in [2.05, 4.69) is 4.98 Å². The highest BCUT2D eigenvalue weighted by Gasteiger charge is 2.22. The van der Waals surface area contributed by atoms with Crippen molar-refractivity contribution in [1.29, 1.82) is 0 Å². The monoisotopic (exact) mass is 269 g/mol. The SMILES string of the molecule is Cc1nc(C2CCOCC2)sc1CC(C)C(=O)O. The first-order chi connectivity index (χ1) is 8.58. The normalized spacial score (nSPS) is 18.8. The number of aliphatic carboxylic acids is 1. The van der Waals surface area contributed by atoms with Gasteiger partial charge in [-0.05, 0) is 26.2 Å². The van der Waals surface area contributed by atoms with E-state index in [1.165, 1.54) is 0 Å². The fraction of sp³-hybridized carbons (Fsp3) is 0.692. The Morgan fingerprint density at radius 1 is 1.56 bits per heavy atom. The molecule has 1 saturated heterocycles. The zero-order valence-corrected chi connectivity index (χ0v) is 11.6. The van der Waals surface area contributed by atoms with Crippen molar-refractivity contribution >= 4 is 17.3 Å². The van der Waals surface area contributed by atoms with E-state index < -0.39 is 5.97 Å². The van der Waals surface area contributed by atoms with Gasteiger partial charge in [0.25, 0.3) is 0 Å². The van der Waals surface area contributed by atoms with Gasteiger partial charge in [0.05, 0.1) is 16.6 Å². The number of hydrogen-bond donors (Lipinski definition) is 1. The molecule has 1 atom stereocenters. The fourth-order valence-corrected chi connectivity index (χ4v) is 3.49. The number of carboxylic acid groups (broad SMARTS) is 1. The van der Waals surface area contributed by atoms with Crippen molar-refractivity contribution in [2.75, 3.05) is 13.2 Å². The molecule has 0 amide bonds. The zero-order chi connectivity index (χ0) is 13.1. The lowest BCUT2D eigenvalue weighted by Crippen LogP contribution is -2.13. The van der Waals surface area contributed by atoms with Gasteiger partial charge in [-0.3, -0.25) is 4.79 Å². The van der Waals surface area contributed by atoms with Crippen molar-refractivity contribution in [1.82, 2.24) is 4.98 Å². The minimum atomic E-state index is -0.740. The fourth-order valence-electron chi connectivity index (χ4n) is 2.12. The van der Waals surface area contributed by atoms with Crippen LogP contribution in [0.15, 0.2) is 0 Å². The quantitative estimate of drug-likeness (QED) is 0.912. The van der Waals surface area contributed by atoms with Gasteiger partial charge in [-0.1, -0.05) is 6.92 Å². The van der Waals surface area contributed by atoms with Crippen LogP contribution in [0.1, 0.15) is 41.3 Å². The molecule has 1 aliphatic heterocycles. The van der Waals surface area contributed by atoms with Crippen LogP contribution in [0.4, 0.5) is 0 Å². The van der Waals surface area contributed by atoms with Crippen molar-refractivity contribution in [3.8, 4) is 0 Å². The van der Waals surface area contributed by atoms with Gasteiger partial charge in [-0.25, -0.2) is 4.98 Å². The summed E-state index contributed by atoms with van der Waals surface area (Å²) in [5.74, 6) is -0.585. The third-order valence-electron chi connectivity index (χ3n) is 3.39. The van der Waals surface area contributed by atoms with E-state index >= 15 is 0 Å². The third-order valence-corrected chi connectivity index (χ3v) is 4.74. The van der Waals surface area contributed by atoms with Crippen LogP contribution in [-0.2, 0) is 16.0 Å². The maximum absolute atomic E-state index is 10.9. The van der Waals surface area contributed by atoms with E-state index in [-0.39, 0.29) is 5.92 Å². The first-order valence-electron chi connectivity index (χ1n) is 6.34. The molecule has 1 fully saturated rings. The molecule has 0 saturated carbocycles. The van der Waals surface area contributed by atoms with E-state index in [9.17, 15) is 4.79 Å². The second-order valence-corrected chi connectivity index (χ2v) is 6.01. The Kier molecular flexibility index (Phi) is 4.35. The minimum absolute atomic E-state index is 0.341. The highest BCUT2D eigenvalue weighted by atomic mass is 32.1. The molecule has 0 spiro atoms.